The summed E-state index contributed by atoms with van der Waals surface area (Å²) in [6, 6.07) is 13.8. The lowest BCUT2D eigenvalue weighted by Crippen LogP contribution is -1.99. The van der Waals surface area contributed by atoms with Crippen molar-refractivity contribution in [3.05, 3.63) is 59.9 Å². The maximum Gasteiger partial charge on any atom is 0.165 e. The van der Waals surface area contributed by atoms with Crippen molar-refractivity contribution in [3.63, 3.8) is 0 Å². The molecule has 2 aromatic rings. The van der Waals surface area contributed by atoms with Crippen LogP contribution in [0.2, 0.25) is 0 Å². The molecule has 0 bridgehead atoms. The molecule has 0 atom stereocenters. The molecule has 0 aliphatic heterocycles. The molecular formula is C14H13FO2. The van der Waals surface area contributed by atoms with Crippen molar-refractivity contribution in [2.24, 2.45) is 0 Å². The molecule has 2 nitrogen and oxygen atoms in total. The van der Waals surface area contributed by atoms with Crippen LogP contribution < -0.4 is 9.47 Å². The van der Waals surface area contributed by atoms with E-state index in [9.17, 15) is 4.39 Å². The van der Waals surface area contributed by atoms with E-state index in [2.05, 4.69) is 0 Å². The van der Waals surface area contributed by atoms with E-state index in [0.717, 1.165) is 11.3 Å². The van der Waals surface area contributed by atoms with Crippen molar-refractivity contribution in [2.75, 3.05) is 7.11 Å². The topological polar surface area (TPSA) is 18.5 Å². The smallest absolute Gasteiger partial charge is 0.165 e. The summed E-state index contributed by atoms with van der Waals surface area (Å²) in [6.45, 7) is 0.283. The number of hydrogen-bond donors (Lipinski definition) is 0. The zero-order valence-corrected chi connectivity index (χ0v) is 9.52. The molecule has 3 heteroatoms. The largest absolute Gasteiger partial charge is 0.496 e. The van der Waals surface area contributed by atoms with Crippen LogP contribution in [0.25, 0.3) is 0 Å². The second-order valence-corrected chi connectivity index (χ2v) is 3.53. The van der Waals surface area contributed by atoms with E-state index < -0.39 is 0 Å². The second kappa shape index (κ2) is 5.34. The Hall–Kier alpha value is -2.03. The van der Waals surface area contributed by atoms with Gasteiger partial charge < -0.3 is 9.47 Å². The lowest BCUT2D eigenvalue weighted by atomic mass is 10.2. The van der Waals surface area contributed by atoms with Crippen LogP contribution in [-0.4, -0.2) is 7.11 Å². The quantitative estimate of drug-likeness (QED) is 0.804. The van der Waals surface area contributed by atoms with Gasteiger partial charge in [-0.1, -0.05) is 30.3 Å². The first-order valence-electron chi connectivity index (χ1n) is 5.30. The Morgan fingerprint density at radius 3 is 2.29 bits per heavy atom. The molecule has 0 spiro atoms. The third-order valence-corrected chi connectivity index (χ3v) is 2.41. The number of rotatable bonds is 4. The predicted molar refractivity (Wildman–Crippen MR) is 63.7 cm³/mol. The minimum absolute atomic E-state index is 0.249. The maximum atomic E-state index is 13.3. The fraction of sp³-hybridized carbons (Fsp3) is 0.143. The Morgan fingerprint density at radius 2 is 1.59 bits per heavy atom. The molecule has 2 aromatic carbocycles. The average Bonchev–Trinajstić information content (AvgIpc) is 2.38. The van der Waals surface area contributed by atoms with E-state index in [0.29, 0.717) is 0 Å². The van der Waals surface area contributed by atoms with Gasteiger partial charge in [-0.3, -0.25) is 0 Å². The fourth-order valence-electron chi connectivity index (χ4n) is 1.54. The predicted octanol–water partition coefficient (Wildman–Crippen LogP) is 3.41. The summed E-state index contributed by atoms with van der Waals surface area (Å²) in [5.74, 6) is 0.629. The summed E-state index contributed by atoms with van der Waals surface area (Å²) in [4.78, 5) is 0. The van der Waals surface area contributed by atoms with Crippen molar-refractivity contribution < 1.29 is 13.9 Å². The highest BCUT2D eigenvalue weighted by Crippen LogP contribution is 2.21. The molecule has 0 saturated carbocycles. The standard InChI is InChI=1S/C14H13FO2/c1-16-13-8-4-2-6-11(13)10-17-14-9-5-3-7-12(14)15/h2-9H,10H2,1H3. The van der Waals surface area contributed by atoms with E-state index in [-0.39, 0.29) is 18.2 Å². The molecule has 0 saturated heterocycles. The first kappa shape index (κ1) is 11.5. The number of hydrogen-bond acceptors (Lipinski definition) is 2. The lowest BCUT2D eigenvalue weighted by Gasteiger charge is -2.10. The zero-order valence-electron chi connectivity index (χ0n) is 9.52. The van der Waals surface area contributed by atoms with Gasteiger partial charge in [0.15, 0.2) is 11.6 Å². The van der Waals surface area contributed by atoms with Gasteiger partial charge in [0.05, 0.1) is 7.11 Å². The number of benzene rings is 2. The van der Waals surface area contributed by atoms with Crippen LogP contribution in [0, 0.1) is 5.82 Å². The van der Waals surface area contributed by atoms with E-state index in [1.807, 2.05) is 24.3 Å². The van der Waals surface area contributed by atoms with Crippen molar-refractivity contribution >= 4 is 0 Å². The van der Waals surface area contributed by atoms with Gasteiger partial charge in [0.1, 0.15) is 12.4 Å². The summed E-state index contributed by atoms with van der Waals surface area (Å²) < 4.78 is 23.9. The van der Waals surface area contributed by atoms with Crippen LogP contribution in [0.3, 0.4) is 0 Å². The second-order valence-electron chi connectivity index (χ2n) is 3.53. The SMILES string of the molecule is COc1ccccc1COc1ccccc1F. The number of ether oxygens (including phenoxy) is 2. The van der Waals surface area contributed by atoms with E-state index in [4.69, 9.17) is 9.47 Å². The molecule has 0 unspecified atom stereocenters. The molecule has 0 aliphatic rings. The molecule has 17 heavy (non-hydrogen) atoms. The molecule has 88 valence electrons. The van der Waals surface area contributed by atoms with Crippen molar-refractivity contribution in [2.45, 2.75) is 6.61 Å². The lowest BCUT2D eigenvalue weighted by molar-refractivity contribution is 0.282. The Balaban J connectivity index is 2.10. The molecule has 0 aromatic heterocycles. The Kier molecular flexibility index (Phi) is 3.60. The third-order valence-electron chi connectivity index (χ3n) is 2.41. The Bertz CT molecular complexity index is 497. The average molecular weight is 232 g/mol. The molecule has 0 N–H and O–H groups in total. The molecule has 0 amide bonds. The summed E-state index contributed by atoms with van der Waals surface area (Å²) in [5, 5.41) is 0. The highest BCUT2D eigenvalue weighted by atomic mass is 19.1. The molecule has 0 aliphatic carbocycles. The molecule has 0 heterocycles. The van der Waals surface area contributed by atoms with Crippen LogP contribution >= 0.6 is 0 Å². The highest BCUT2D eigenvalue weighted by Gasteiger charge is 2.05. The number of para-hydroxylation sites is 2. The molecular weight excluding hydrogens is 219 g/mol. The first-order chi connectivity index (χ1) is 8.31. The number of halogens is 1. The summed E-state index contributed by atoms with van der Waals surface area (Å²) in [6.07, 6.45) is 0. The molecule has 2 rings (SSSR count). The van der Waals surface area contributed by atoms with E-state index in [1.165, 1.54) is 6.07 Å². The first-order valence-corrected chi connectivity index (χ1v) is 5.30. The summed E-state index contributed by atoms with van der Waals surface area (Å²) in [5.41, 5.74) is 0.887. The Labute approximate surface area is 99.6 Å². The zero-order chi connectivity index (χ0) is 12.1. The molecule has 0 radical (unpaired) electrons. The van der Waals surface area contributed by atoms with Crippen LogP contribution in [0.1, 0.15) is 5.56 Å². The van der Waals surface area contributed by atoms with Gasteiger partial charge in [-0.2, -0.15) is 0 Å². The number of methoxy groups -OCH3 is 1. The van der Waals surface area contributed by atoms with Crippen molar-refractivity contribution in [1.29, 1.82) is 0 Å². The van der Waals surface area contributed by atoms with Gasteiger partial charge in [0.25, 0.3) is 0 Å². The van der Waals surface area contributed by atoms with Gasteiger partial charge in [-0.15, -0.1) is 0 Å². The minimum Gasteiger partial charge on any atom is -0.496 e. The van der Waals surface area contributed by atoms with E-state index in [1.54, 1.807) is 25.3 Å². The van der Waals surface area contributed by atoms with Crippen LogP contribution in [-0.2, 0) is 6.61 Å². The summed E-state index contributed by atoms with van der Waals surface area (Å²) in [7, 11) is 1.60. The van der Waals surface area contributed by atoms with Gasteiger partial charge >= 0.3 is 0 Å². The molecule has 0 fully saturated rings. The monoisotopic (exact) mass is 232 g/mol. The normalized spacial score (nSPS) is 10.0. The van der Waals surface area contributed by atoms with Gasteiger partial charge in [-0.05, 0) is 18.2 Å². The van der Waals surface area contributed by atoms with Gasteiger partial charge in [0.2, 0.25) is 0 Å². The fourth-order valence-corrected chi connectivity index (χ4v) is 1.54. The Morgan fingerprint density at radius 1 is 0.941 bits per heavy atom. The van der Waals surface area contributed by atoms with Crippen LogP contribution in [0.4, 0.5) is 4.39 Å². The minimum atomic E-state index is -0.359. The van der Waals surface area contributed by atoms with Crippen molar-refractivity contribution in [1.82, 2.24) is 0 Å². The van der Waals surface area contributed by atoms with Crippen LogP contribution in [0.15, 0.2) is 48.5 Å². The highest BCUT2D eigenvalue weighted by molar-refractivity contribution is 5.33. The van der Waals surface area contributed by atoms with Gasteiger partial charge in [0, 0.05) is 5.56 Å². The summed E-state index contributed by atoms with van der Waals surface area (Å²) >= 11 is 0. The third kappa shape index (κ3) is 2.75. The van der Waals surface area contributed by atoms with Crippen molar-refractivity contribution in [3.8, 4) is 11.5 Å². The maximum absolute atomic E-state index is 13.3. The van der Waals surface area contributed by atoms with E-state index >= 15 is 0 Å². The van der Waals surface area contributed by atoms with Gasteiger partial charge in [-0.25, -0.2) is 4.39 Å². The van der Waals surface area contributed by atoms with Crippen LogP contribution in [0.5, 0.6) is 11.5 Å².